The Morgan fingerprint density at radius 2 is 1.43 bits per heavy atom. The number of hydrogen-bond acceptors (Lipinski definition) is 6. The van der Waals surface area contributed by atoms with Crippen molar-refractivity contribution in [3.05, 3.63) is 71.8 Å². The zero-order chi connectivity index (χ0) is 20.4. The summed E-state index contributed by atoms with van der Waals surface area (Å²) in [6.45, 7) is 3.44. The summed E-state index contributed by atoms with van der Waals surface area (Å²) in [4.78, 5) is 25.3. The Bertz CT molecular complexity index is 746. The molecule has 0 saturated heterocycles. The number of aliphatic hydroxyl groups is 1. The van der Waals surface area contributed by atoms with Crippen LogP contribution in [0.3, 0.4) is 0 Å². The number of ether oxygens (including phenoxy) is 3. The fraction of sp³-hybridized carbons (Fsp3) is 0.364. The van der Waals surface area contributed by atoms with Gasteiger partial charge in [-0.05, 0) is 25.0 Å². The number of carbonyl (C=O) groups excluding carboxylic acids is 2. The minimum atomic E-state index is -1.93. The van der Waals surface area contributed by atoms with Crippen LogP contribution in [-0.2, 0) is 36.8 Å². The highest BCUT2D eigenvalue weighted by Crippen LogP contribution is 2.27. The number of rotatable bonds is 10. The van der Waals surface area contributed by atoms with Crippen LogP contribution in [0.1, 0.15) is 25.0 Å². The van der Waals surface area contributed by atoms with Crippen molar-refractivity contribution >= 4 is 11.9 Å². The van der Waals surface area contributed by atoms with Crippen molar-refractivity contribution in [1.82, 2.24) is 0 Å². The quantitative estimate of drug-likeness (QED) is 0.632. The molecule has 0 aliphatic heterocycles. The highest BCUT2D eigenvalue weighted by atomic mass is 16.6. The average molecular weight is 386 g/mol. The molecule has 150 valence electrons. The monoisotopic (exact) mass is 386 g/mol. The minimum Gasteiger partial charge on any atom is -0.464 e. The first kappa shape index (κ1) is 21.6. The van der Waals surface area contributed by atoms with Crippen molar-refractivity contribution in [2.75, 3.05) is 13.2 Å². The lowest BCUT2D eigenvalue weighted by atomic mass is 9.88. The van der Waals surface area contributed by atoms with Gasteiger partial charge in [-0.2, -0.15) is 0 Å². The number of hydrogen-bond donors (Lipinski definition) is 1. The summed E-state index contributed by atoms with van der Waals surface area (Å²) in [5, 5.41) is 10.8. The molecule has 0 fully saturated rings. The van der Waals surface area contributed by atoms with Gasteiger partial charge in [0.05, 0.1) is 19.8 Å². The standard InChI is InChI=1S/C22H26O6/c1-3-26-20(24)19(23)22(21(25)27-4-2,15-17-11-7-5-8-12-17)28-16-18-13-9-6-10-14-18/h5-14,19,23H,3-4,15-16H2,1-2H3/t19?,22-/m1/s1. The number of carbonyl (C=O) groups is 2. The summed E-state index contributed by atoms with van der Waals surface area (Å²) in [6, 6.07) is 18.2. The van der Waals surface area contributed by atoms with Gasteiger partial charge < -0.3 is 19.3 Å². The van der Waals surface area contributed by atoms with Crippen molar-refractivity contribution < 1.29 is 28.9 Å². The van der Waals surface area contributed by atoms with Gasteiger partial charge in [0.25, 0.3) is 0 Å². The van der Waals surface area contributed by atoms with E-state index in [-0.39, 0.29) is 26.2 Å². The topological polar surface area (TPSA) is 82.1 Å². The molecule has 0 radical (unpaired) electrons. The number of aliphatic hydroxyl groups excluding tert-OH is 1. The van der Waals surface area contributed by atoms with Gasteiger partial charge in [-0.15, -0.1) is 0 Å². The summed E-state index contributed by atoms with van der Waals surface area (Å²) in [5.41, 5.74) is -0.424. The normalized spacial score (nSPS) is 14.0. The van der Waals surface area contributed by atoms with E-state index in [9.17, 15) is 14.7 Å². The largest absolute Gasteiger partial charge is 0.464 e. The molecule has 0 heterocycles. The first-order valence-corrected chi connectivity index (χ1v) is 9.27. The maximum atomic E-state index is 12.9. The van der Waals surface area contributed by atoms with Crippen LogP contribution < -0.4 is 0 Å². The van der Waals surface area contributed by atoms with Gasteiger partial charge in [-0.3, -0.25) is 0 Å². The van der Waals surface area contributed by atoms with Crippen LogP contribution >= 0.6 is 0 Å². The van der Waals surface area contributed by atoms with E-state index < -0.39 is 23.6 Å². The molecule has 0 aliphatic carbocycles. The van der Waals surface area contributed by atoms with Crippen molar-refractivity contribution in [3.63, 3.8) is 0 Å². The van der Waals surface area contributed by atoms with E-state index in [0.29, 0.717) is 5.56 Å². The Hall–Kier alpha value is -2.70. The molecule has 2 aromatic rings. The molecule has 0 bridgehead atoms. The molecular weight excluding hydrogens is 360 g/mol. The van der Waals surface area contributed by atoms with Crippen LogP contribution in [-0.4, -0.2) is 42.0 Å². The lowest BCUT2D eigenvalue weighted by molar-refractivity contribution is -0.202. The van der Waals surface area contributed by atoms with Crippen molar-refractivity contribution in [2.24, 2.45) is 0 Å². The third-order valence-electron chi connectivity index (χ3n) is 4.22. The van der Waals surface area contributed by atoms with Crippen LogP contribution in [0.5, 0.6) is 0 Å². The van der Waals surface area contributed by atoms with Crippen molar-refractivity contribution in [1.29, 1.82) is 0 Å². The molecule has 6 heteroatoms. The van der Waals surface area contributed by atoms with Gasteiger partial charge in [0, 0.05) is 6.42 Å². The predicted octanol–water partition coefficient (Wildman–Crippen LogP) is 2.67. The third kappa shape index (κ3) is 5.41. The molecule has 2 aromatic carbocycles. The fourth-order valence-electron chi connectivity index (χ4n) is 2.82. The van der Waals surface area contributed by atoms with Gasteiger partial charge in [0.1, 0.15) is 0 Å². The van der Waals surface area contributed by atoms with Crippen molar-refractivity contribution in [2.45, 2.75) is 38.6 Å². The fourth-order valence-corrected chi connectivity index (χ4v) is 2.82. The highest BCUT2D eigenvalue weighted by molar-refractivity contribution is 5.89. The van der Waals surface area contributed by atoms with E-state index in [1.165, 1.54) is 0 Å². The van der Waals surface area contributed by atoms with E-state index in [1.54, 1.807) is 38.1 Å². The van der Waals surface area contributed by atoms with E-state index in [4.69, 9.17) is 14.2 Å². The highest BCUT2D eigenvalue weighted by Gasteiger charge is 2.52. The Kier molecular flexibility index (Phi) is 8.17. The Balaban J connectivity index is 2.42. The summed E-state index contributed by atoms with van der Waals surface area (Å²) in [5.74, 6) is -1.74. The van der Waals surface area contributed by atoms with E-state index in [1.807, 2.05) is 36.4 Å². The van der Waals surface area contributed by atoms with Crippen molar-refractivity contribution in [3.8, 4) is 0 Å². The lowest BCUT2D eigenvalue weighted by Gasteiger charge is -2.34. The molecule has 0 amide bonds. The number of esters is 2. The van der Waals surface area contributed by atoms with Crippen LogP contribution in [0.15, 0.2) is 60.7 Å². The summed E-state index contributed by atoms with van der Waals surface area (Å²) < 4.78 is 16.1. The van der Waals surface area contributed by atoms with Gasteiger partial charge >= 0.3 is 11.9 Å². The first-order valence-electron chi connectivity index (χ1n) is 9.27. The first-order chi connectivity index (χ1) is 13.5. The molecule has 2 atom stereocenters. The maximum Gasteiger partial charge on any atom is 0.342 e. The van der Waals surface area contributed by atoms with Gasteiger partial charge in [-0.25, -0.2) is 9.59 Å². The second-order valence-electron chi connectivity index (χ2n) is 6.20. The van der Waals surface area contributed by atoms with Crippen LogP contribution in [0, 0.1) is 0 Å². The van der Waals surface area contributed by atoms with Crippen LogP contribution in [0.2, 0.25) is 0 Å². The zero-order valence-corrected chi connectivity index (χ0v) is 16.2. The Morgan fingerprint density at radius 1 is 0.893 bits per heavy atom. The summed E-state index contributed by atoms with van der Waals surface area (Å²) in [6.07, 6.45) is -1.88. The third-order valence-corrected chi connectivity index (χ3v) is 4.22. The van der Waals surface area contributed by atoms with E-state index in [0.717, 1.165) is 5.56 Å². The maximum absolute atomic E-state index is 12.9. The van der Waals surface area contributed by atoms with Gasteiger partial charge in [0.15, 0.2) is 6.10 Å². The predicted molar refractivity (Wildman–Crippen MR) is 103 cm³/mol. The SMILES string of the molecule is CCOC(=O)C(O)[C@@](Cc1ccccc1)(OCc1ccccc1)C(=O)OCC. The van der Waals surface area contributed by atoms with Crippen LogP contribution in [0.4, 0.5) is 0 Å². The van der Waals surface area contributed by atoms with E-state index >= 15 is 0 Å². The minimum absolute atomic E-state index is 0.0168. The molecule has 1 N–H and O–H groups in total. The Morgan fingerprint density at radius 3 is 1.96 bits per heavy atom. The van der Waals surface area contributed by atoms with E-state index in [2.05, 4.69) is 0 Å². The molecule has 28 heavy (non-hydrogen) atoms. The molecular formula is C22H26O6. The Labute approximate surface area is 165 Å². The second-order valence-corrected chi connectivity index (χ2v) is 6.20. The molecule has 2 rings (SSSR count). The molecule has 6 nitrogen and oxygen atoms in total. The molecule has 1 unspecified atom stereocenters. The zero-order valence-electron chi connectivity index (χ0n) is 16.2. The van der Waals surface area contributed by atoms with Gasteiger partial charge in [-0.1, -0.05) is 60.7 Å². The molecule has 0 aliphatic rings. The number of benzene rings is 2. The van der Waals surface area contributed by atoms with Gasteiger partial charge in [0.2, 0.25) is 5.60 Å². The molecule has 0 saturated carbocycles. The smallest absolute Gasteiger partial charge is 0.342 e. The second kappa shape index (κ2) is 10.6. The lowest BCUT2D eigenvalue weighted by Crippen LogP contribution is -2.58. The molecule has 0 spiro atoms. The summed E-state index contributed by atoms with van der Waals surface area (Å²) >= 11 is 0. The van der Waals surface area contributed by atoms with Crippen LogP contribution in [0.25, 0.3) is 0 Å². The summed E-state index contributed by atoms with van der Waals surface area (Å²) in [7, 11) is 0. The average Bonchev–Trinajstić information content (AvgIpc) is 2.72. The molecule has 0 aromatic heterocycles.